The van der Waals surface area contributed by atoms with Gasteiger partial charge in [-0.25, -0.2) is 0 Å². The number of benzene rings is 1. The zero-order valence-corrected chi connectivity index (χ0v) is 15.2. The van der Waals surface area contributed by atoms with Gasteiger partial charge in [0.05, 0.1) is 0 Å². The van der Waals surface area contributed by atoms with Crippen LogP contribution in [0, 0.1) is 5.41 Å². The van der Waals surface area contributed by atoms with E-state index in [0.29, 0.717) is 6.54 Å². The van der Waals surface area contributed by atoms with E-state index < -0.39 is 5.41 Å². The number of nitrogens with one attached hydrogen (secondary N) is 1. The standard InChI is InChI=1S/C20H30N2O2/c1-4-17-12-8-9-15-22(17)19(24)20(2,3)18(23)21-14-13-16-10-6-5-7-11-16/h5-7,10-11,17H,4,8-9,12-15H2,1-3H3,(H,21,23). The van der Waals surface area contributed by atoms with E-state index in [2.05, 4.69) is 12.2 Å². The molecule has 4 nitrogen and oxygen atoms in total. The largest absolute Gasteiger partial charge is 0.355 e. The third kappa shape index (κ3) is 4.37. The molecule has 1 aliphatic heterocycles. The number of amides is 2. The molecule has 1 heterocycles. The number of nitrogens with zero attached hydrogens (tertiary/aromatic N) is 1. The quantitative estimate of drug-likeness (QED) is 0.815. The van der Waals surface area contributed by atoms with Gasteiger partial charge in [-0.3, -0.25) is 9.59 Å². The first-order valence-electron chi connectivity index (χ1n) is 9.10. The molecule has 4 heteroatoms. The number of carbonyl (C=O) groups is 2. The average Bonchev–Trinajstić information content (AvgIpc) is 2.61. The Labute approximate surface area is 145 Å². The molecule has 24 heavy (non-hydrogen) atoms. The topological polar surface area (TPSA) is 49.4 Å². The van der Waals surface area contributed by atoms with E-state index in [1.54, 1.807) is 13.8 Å². The van der Waals surface area contributed by atoms with Crippen LogP contribution in [0.4, 0.5) is 0 Å². The molecule has 1 aliphatic rings. The molecule has 0 aromatic heterocycles. The van der Waals surface area contributed by atoms with E-state index in [9.17, 15) is 9.59 Å². The van der Waals surface area contributed by atoms with Gasteiger partial charge in [-0.15, -0.1) is 0 Å². The predicted molar refractivity (Wildman–Crippen MR) is 96.6 cm³/mol. The molecule has 2 amide bonds. The Balaban J connectivity index is 1.92. The maximum absolute atomic E-state index is 12.9. The van der Waals surface area contributed by atoms with Gasteiger partial charge in [0.15, 0.2) is 0 Å². The summed E-state index contributed by atoms with van der Waals surface area (Å²) in [7, 11) is 0. The van der Waals surface area contributed by atoms with Crippen LogP contribution in [-0.2, 0) is 16.0 Å². The molecule has 1 N–H and O–H groups in total. The molecule has 0 radical (unpaired) electrons. The summed E-state index contributed by atoms with van der Waals surface area (Å²) in [6.45, 7) is 6.93. The van der Waals surface area contributed by atoms with Crippen molar-refractivity contribution in [3.05, 3.63) is 35.9 Å². The van der Waals surface area contributed by atoms with Crippen molar-refractivity contribution in [2.75, 3.05) is 13.1 Å². The number of piperidine rings is 1. The van der Waals surface area contributed by atoms with Crippen LogP contribution in [0.2, 0.25) is 0 Å². The Morgan fingerprint density at radius 1 is 1.21 bits per heavy atom. The Morgan fingerprint density at radius 3 is 2.58 bits per heavy atom. The van der Waals surface area contributed by atoms with Crippen LogP contribution in [-0.4, -0.2) is 35.8 Å². The predicted octanol–water partition coefficient (Wildman–Crippen LogP) is 3.16. The van der Waals surface area contributed by atoms with E-state index in [0.717, 1.165) is 32.2 Å². The first-order valence-corrected chi connectivity index (χ1v) is 9.10. The Morgan fingerprint density at radius 2 is 1.92 bits per heavy atom. The van der Waals surface area contributed by atoms with E-state index >= 15 is 0 Å². The van der Waals surface area contributed by atoms with Crippen molar-refractivity contribution in [2.24, 2.45) is 5.41 Å². The molecule has 132 valence electrons. The van der Waals surface area contributed by atoms with Gasteiger partial charge in [-0.1, -0.05) is 37.3 Å². The molecule has 1 fully saturated rings. The summed E-state index contributed by atoms with van der Waals surface area (Å²) in [6, 6.07) is 10.3. The third-order valence-corrected chi connectivity index (χ3v) is 5.00. The van der Waals surface area contributed by atoms with Crippen LogP contribution in [0.3, 0.4) is 0 Å². The fourth-order valence-corrected chi connectivity index (χ4v) is 3.33. The summed E-state index contributed by atoms with van der Waals surface area (Å²) in [4.78, 5) is 27.4. The summed E-state index contributed by atoms with van der Waals surface area (Å²) in [6.07, 6.45) is 4.99. The molecular weight excluding hydrogens is 300 g/mol. The van der Waals surface area contributed by atoms with Crippen LogP contribution < -0.4 is 5.32 Å². The van der Waals surface area contributed by atoms with Gasteiger partial charge in [0.2, 0.25) is 11.8 Å². The second-order valence-electron chi connectivity index (χ2n) is 7.17. The van der Waals surface area contributed by atoms with Gasteiger partial charge in [0.25, 0.3) is 0 Å². The monoisotopic (exact) mass is 330 g/mol. The van der Waals surface area contributed by atoms with Crippen LogP contribution in [0.25, 0.3) is 0 Å². The van der Waals surface area contributed by atoms with Crippen molar-refractivity contribution < 1.29 is 9.59 Å². The number of carbonyl (C=O) groups excluding carboxylic acids is 2. The summed E-state index contributed by atoms with van der Waals surface area (Å²) in [5, 5.41) is 2.94. The minimum Gasteiger partial charge on any atom is -0.355 e. The Bertz CT molecular complexity index is 554. The smallest absolute Gasteiger partial charge is 0.237 e. The zero-order valence-electron chi connectivity index (χ0n) is 15.2. The lowest BCUT2D eigenvalue weighted by Gasteiger charge is -2.39. The molecule has 0 aliphatic carbocycles. The molecule has 0 spiro atoms. The molecule has 1 aromatic carbocycles. The molecule has 1 unspecified atom stereocenters. The SMILES string of the molecule is CCC1CCCCN1C(=O)C(C)(C)C(=O)NCCc1ccccc1. The fourth-order valence-electron chi connectivity index (χ4n) is 3.33. The minimum absolute atomic E-state index is 0.0359. The van der Waals surface area contributed by atoms with Crippen LogP contribution in [0.15, 0.2) is 30.3 Å². The van der Waals surface area contributed by atoms with Gasteiger partial charge < -0.3 is 10.2 Å². The van der Waals surface area contributed by atoms with Gasteiger partial charge in [-0.2, -0.15) is 0 Å². The molecular formula is C20H30N2O2. The second-order valence-corrected chi connectivity index (χ2v) is 7.17. The lowest BCUT2D eigenvalue weighted by Crippen LogP contribution is -2.54. The van der Waals surface area contributed by atoms with Gasteiger partial charge >= 0.3 is 0 Å². The zero-order chi connectivity index (χ0) is 17.6. The lowest BCUT2D eigenvalue weighted by atomic mass is 9.87. The first kappa shape index (κ1) is 18.5. The molecule has 1 atom stereocenters. The third-order valence-electron chi connectivity index (χ3n) is 5.00. The first-order chi connectivity index (χ1) is 11.5. The van der Waals surface area contributed by atoms with Crippen molar-refractivity contribution in [3.63, 3.8) is 0 Å². The highest BCUT2D eigenvalue weighted by Crippen LogP contribution is 2.27. The lowest BCUT2D eigenvalue weighted by molar-refractivity contribution is -0.151. The van der Waals surface area contributed by atoms with Gasteiger partial charge in [0.1, 0.15) is 5.41 Å². The van der Waals surface area contributed by atoms with Crippen LogP contribution >= 0.6 is 0 Å². The minimum atomic E-state index is -1.01. The molecule has 1 aromatic rings. The van der Waals surface area contributed by atoms with E-state index in [-0.39, 0.29) is 17.9 Å². The summed E-state index contributed by atoms with van der Waals surface area (Å²) in [5.41, 5.74) is 0.172. The second kappa shape index (κ2) is 8.32. The highest BCUT2D eigenvalue weighted by Gasteiger charge is 2.41. The highest BCUT2D eigenvalue weighted by atomic mass is 16.2. The maximum Gasteiger partial charge on any atom is 0.237 e. The molecule has 0 saturated carbocycles. The van der Waals surface area contributed by atoms with E-state index in [1.165, 1.54) is 12.0 Å². The molecule has 0 bridgehead atoms. The fraction of sp³-hybridized carbons (Fsp3) is 0.600. The van der Waals surface area contributed by atoms with E-state index in [4.69, 9.17) is 0 Å². The van der Waals surface area contributed by atoms with Crippen molar-refractivity contribution in [1.82, 2.24) is 10.2 Å². The molecule has 1 saturated heterocycles. The Hall–Kier alpha value is -1.84. The normalized spacial score (nSPS) is 18.3. The number of likely N-dealkylation sites (tertiary alicyclic amines) is 1. The average molecular weight is 330 g/mol. The van der Waals surface area contributed by atoms with Crippen molar-refractivity contribution in [1.29, 1.82) is 0 Å². The van der Waals surface area contributed by atoms with Crippen molar-refractivity contribution >= 4 is 11.8 Å². The van der Waals surface area contributed by atoms with Gasteiger partial charge in [-0.05, 0) is 51.5 Å². The maximum atomic E-state index is 12.9. The van der Waals surface area contributed by atoms with Crippen molar-refractivity contribution in [2.45, 2.75) is 58.9 Å². The summed E-state index contributed by atoms with van der Waals surface area (Å²) < 4.78 is 0. The van der Waals surface area contributed by atoms with Crippen LogP contribution in [0.5, 0.6) is 0 Å². The highest BCUT2D eigenvalue weighted by molar-refractivity contribution is 6.04. The Kier molecular flexibility index (Phi) is 6.41. The molecule has 2 rings (SSSR count). The number of hydrogen-bond acceptors (Lipinski definition) is 2. The summed E-state index contributed by atoms with van der Waals surface area (Å²) >= 11 is 0. The number of rotatable bonds is 6. The number of hydrogen-bond donors (Lipinski definition) is 1. The van der Waals surface area contributed by atoms with Crippen molar-refractivity contribution in [3.8, 4) is 0 Å². The van der Waals surface area contributed by atoms with Crippen LogP contribution in [0.1, 0.15) is 52.0 Å². The van der Waals surface area contributed by atoms with Gasteiger partial charge in [0, 0.05) is 19.1 Å². The van der Waals surface area contributed by atoms with E-state index in [1.807, 2.05) is 35.2 Å². The summed E-state index contributed by atoms with van der Waals surface area (Å²) in [5.74, 6) is -0.213.